The Hall–Kier alpha value is -2.29. The summed E-state index contributed by atoms with van der Waals surface area (Å²) in [6.07, 6.45) is 6.30. The largest absolute Gasteiger partial charge is 0.469 e. The van der Waals surface area contributed by atoms with Gasteiger partial charge in [-0.3, -0.25) is 4.68 Å². The predicted octanol–water partition coefficient (Wildman–Crippen LogP) is 3.44. The van der Waals surface area contributed by atoms with E-state index in [9.17, 15) is 0 Å². The summed E-state index contributed by atoms with van der Waals surface area (Å²) in [6, 6.07) is 14.2. The van der Waals surface area contributed by atoms with Crippen LogP contribution in [-0.2, 0) is 19.5 Å². The minimum absolute atomic E-state index is 0. The van der Waals surface area contributed by atoms with Crippen molar-refractivity contribution in [2.75, 3.05) is 13.1 Å². The number of halogens is 1. The van der Waals surface area contributed by atoms with Gasteiger partial charge in [0.1, 0.15) is 5.76 Å². The monoisotopic (exact) mass is 479 g/mol. The molecule has 0 atom stereocenters. The molecule has 0 saturated heterocycles. The molecule has 0 spiro atoms. The van der Waals surface area contributed by atoms with Crippen LogP contribution >= 0.6 is 24.0 Å². The molecule has 0 aliphatic rings. The van der Waals surface area contributed by atoms with Crippen molar-refractivity contribution in [3.8, 4) is 0 Å². The maximum atomic E-state index is 5.36. The summed E-state index contributed by atoms with van der Waals surface area (Å²) in [7, 11) is 0. The highest BCUT2D eigenvalue weighted by Crippen LogP contribution is 2.11. The van der Waals surface area contributed by atoms with Gasteiger partial charge in [0.05, 0.1) is 19.4 Å². The molecule has 0 saturated carbocycles. The number of rotatable bonds is 8. The molecule has 0 bridgehead atoms. The van der Waals surface area contributed by atoms with Crippen molar-refractivity contribution >= 4 is 29.9 Å². The number of benzene rings is 1. The lowest BCUT2D eigenvalue weighted by Gasteiger charge is -2.12. The Morgan fingerprint density at radius 3 is 2.67 bits per heavy atom. The summed E-state index contributed by atoms with van der Waals surface area (Å²) in [5, 5.41) is 10.9. The third-order valence-electron chi connectivity index (χ3n) is 4.01. The lowest BCUT2D eigenvalue weighted by atomic mass is 10.1. The van der Waals surface area contributed by atoms with Crippen LogP contribution in [0.2, 0.25) is 0 Å². The summed E-state index contributed by atoms with van der Waals surface area (Å²) in [5.41, 5.74) is 2.43. The molecule has 0 radical (unpaired) electrons. The van der Waals surface area contributed by atoms with Crippen LogP contribution in [0.25, 0.3) is 0 Å². The maximum Gasteiger partial charge on any atom is 0.191 e. The average molecular weight is 479 g/mol. The van der Waals surface area contributed by atoms with Gasteiger partial charge >= 0.3 is 0 Å². The highest BCUT2D eigenvalue weighted by Gasteiger charge is 2.04. The van der Waals surface area contributed by atoms with Gasteiger partial charge in [-0.1, -0.05) is 24.3 Å². The molecule has 0 aliphatic carbocycles. The molecule has 3 aromatic rings. The van der Waals surface area contributed by atoms with Crippen molar-refractivity contribution in [3.63, 3.8) is 0 Å². The fourth-order valence-electron chi connectivity index (χ4n) is 2.70. The van der Waals surface area contributed by atoms with Crippen molar-refractivity contribution in [3.05, 3.63) is 78.0 Å². The van der Waals surface area contributed by atoms with E-state index in [1.807, 2.05) is 29.1 Å². The van der Waals surface area contributed by atoms with Gasteiger partial charge < -0.3 is 15.1 Å². The normalized spacial score (nSPS) is 11.1. The number of nitrogens with one attached hydrogen (secondary N) is 2. The number of guanidine groups is 1. The van der Waals surface area contributed by atoms with Crippen LogP contribution in [0.3, 0.4) is 0 Å². The van der Waals surface area contributed by atoms with Crippen molar-refractivity contribution in [2.45, 2.75) is 26.4 Å². The molecular formula is C20H26IN5O. The Morgan fingerprint density at radius 1 is 1.11 bits per heavy atom. The van der Waals surface area contributed by atoms with Crippen LogP contribution in [-0.4, -0.2) is 28.8 Å². The van der Waals surface area contributed by atoms with Crippen LogP contribution in [0, 0.1) is 0 Å². The molecule has 6 nitrogen and oxygen atoms in total. The zero-order valence-corrected chi connectivity index (χ0v) is 17.8. The number of aliphatic imine (C=N–C) groups is 1. The number of hydrogen-bond acceptors (Lipinski definition) is 3. The second-order valence-electron chi connectivity index (χ2n) is 5.92. The number of nitrogens with zero attached hydrogens (tertiary/aromatic N) is 3. The zero-order chi connectivity index (χ0) is 18.0. The molecule has 2 heterocycles. The topological polar surface area (TPSA) is 67.4 Å². The van der Waals surface area contributed by atoms with Gasteiger partial charge in [0, 0.05) is 31.9 Å². The molecule has 0 aliphatic heterocycles. The van der Waals surface area contributed by atoms with Crippen LogP contribution in [0.1, 0.15) is 23.8 Å². The molecule has 144 valence electrons. The first-order chi connectivity index (χ1) is 12.8. The molecule has 2 aromatic heterocycles. The van der Waals surface area contributed by atoms with Crippen LogP contribution in [0.4, 0.5) is 0 Å². The van der Waals surface area contributed by atoms with E-state index in [2.05, 4.69) is 46.9 Å². The van der Waals surface area contributed by atoms with Crippen LogP contribution in [0.15, 0.2) is 70.5 Å². The molecule has 27 heavy (non-hydrogen) atoms. The van der Waals surface area contributed by atoms with Crippen LogP contribution < -0.4 is 10.6 Å². The Kier molecular flexibility index (Phi) is 8.90. The van der Waals surface area contributed by atoms with Crippen molar-refractivity contribution in [2.24, 2.45) is 4.99 Å². The first kappa shape index (κ1) is 21.0. The quantitative estimate of drug-likeness (QED) is 0.295. The van der Waals surface area contributed by atoms with Gasteiger partial charge in [-0.15, -0.1) is 24.0 Å². The fourth-order valence-corrected chi connectivity index (χ4v) is 2.70. The lowest BCUT2D eigenvalue weighted by molar-refractivity contribution is 0.507. The molecule has 3 rings (SSSR count). The molecule has 0 unspecified atom stereocenters. The Morgan fingerprint density at radius 2 is 1.96 bits per heavy atom. The smallest absolute Gasteiger partial charge is 0.191 e. The van der Waals surface area contributed by atoms with Gasteiger partial charge in [-0.2, -0.15) is 5.10 Å². The van der Waals surface area contributed by atoms with E-state index in [1.54, 1.807) is 12.5 Å². The van der Waals surface area contributed by atoms with E-state index in [0.717, 1.165) is 37.8 Å². The molecule has 1 aromatic carbocycles. The second-order valence-corrected chi connectivity index (χ2v) is 5.92. The fraction of sp³-hybridized carbons (Fsp3) is 0.300. The SMILES string of the molecule is CCNC(=NCc1ccccc1Cn1cccn1)NCCc1ccco1.I. The second kappa shape index (κ2) is 11.4. The Balaban J connectivity index is 0.00000261. The van der Waals surface area contributed by atoms with E-state index < -0.39 is 0 Å². The molecule has 0 fully saturated rings. The van der Waals surface area contributed by atoms with E-state index in [1.165, 1.54) is 11.1 Å². The summed E-state index contributed by atoms with van der Waals surface area (Å²) in [6.45, 7) is 5.03. The summed E-state index contributed by atoms with van der Waals surface area (Å²) in [4.78, 5) is 4.73. The van der Waals surface area contributed by atoms with E-state index in [0.29, 0.717) is 6.54 Å². The number of furan rings is 1. The molecule has 7 heteroatoms. The van der Waals surface area contributed by atoms with Gasteiger partial charge in [-0.25, -0.2) is 4.99 Å². The van der Waals surface area contributed by atoms with Gasteiger partial charge in [-0.05, 0) is 36.2 Å². The third-order valence-corrected chi connectivity index (χ3v) is 4.01. The van der Waals surface area contributed by atoms with Gasteiger partial charge in [0.25, 0.3) is 0 Å². The van der Waals surface area contributed by atoms with E-state index in [4.69, 9.17) is 9.41 Å². The van der Waals surface area contributed by atoms with Crippen LogP contribution in [0.5, 0.6) is 0 Å². The van der Waals surface area contributed by atoms with Crippen molar-refractivity contribution < 1.29 is 4.42 Å². The molecule has 2 N–H and O–H groups in total. The average Bonchev–Trinajstić information content (AvgIpc) is 3.35. The first-order valence-corrected chi connectivity index (χ1v) is 8.94. The number of aromatic nitrogens is 2. The van der Waals surface area contributed by atoms with Gasteiger partial charge in [0.2, 0.25) is 0 Å². The zero-order valence-electron chi connectivity index (χ0n) is 15.5. The third kappa shape index (κ3) is 6.74. The highest BCUT2D eigenvalue weighted by molar-refractivity contribution is 14.0. The Labute approximate surface area is 177 Å². The highest BCUT2D eigenvalue weighted by atomic mass is 127. The number of hydrogen-bond donors (Lipinski definition) is 2. The minimum atomic E-state index is 0. The summed E-state index contributed by atoms with van der Waals surface area (Å²) in [5.74, 6) is 1.78. The van der Waals surface area contributed by atoms with Gasteiger partial charge in [0.15, 0.2) is 5.96 Å². The summed E-state index contributed by atoms with van der Waals surface area (Å²) >= 11 is 0. The first-order valence-electron chi connectivity index (χ1n) is 8.94. The molecular weight excluding hydrogens is 453 g/mol. The molecule has 0 amide bonds. The van der Waals surface area contributed by atoms with Crippen molar-refractivity contribution in [1.82, 2.24) is 20.4 Å². The predicted molar refractivity (Wildman–Crippen MR) is 118 cm³/mol. The maximum absolute atomic E-state index is 5.36. The van der Waals surface area contributed by atoms with Crippen molar-refractivity contribution in [1.29, 1.82) is 0 Å². The lowest BCUT2D eigenvalue weighted by Crippen LogP contribution is -2.38. The standard InChI is InChI=1S/C20H25N5O.HI/c1-2-21-20(22-12-10-19-9-5-14-26-19)23-15-17-7-3-4-8-18(17)16-25-13-6-11-24-25;/h3-9,11,13-14H,2,10,12,15-16H2,1H3,(H2,21,22,23);1H. The minimum Gasteiger partial charge on any atom is -0.469 e. The van der Waals surface area contributed by atoms with E-state index in [-0.39, 0.29) is 24.0 Å². The Bertz CT molecular complexity index is 800. The summed E-state index contributed by atoms with van der Waals surface area (Å²) < 4.78 is 7.29. The van der Waals surface area contributed by atoms with E-state index >= 15 is 0 Å².